The molecular weight excluding hydrogens is 432 g/mol. The first-order valence-electron chi connectivity index (χ1n) is 9.71. The van der Waals surface area contributed by atoms with Gasteiger partial charge in [0.2, 0.25) is 0 Å². The topological polar surface area (TPSA) is 66.8 Å². The Labute approximate surface area is 183 Å². The SMILES string of the molecule is O=C(O)C[C@H]1O[C@H](c2cccc(Cl)c2)[C@@H](c2ccc(Cl)cc2F)N(CC2CC2)C1=O. The van der Waals surface area contributed by atoms with Crippen molar-refractivity contribution in [3.05, 3.63) is 69.5 Å². The van der Waals surface area contributed by atoms with Crippen molar-refractivity contribution in [3.8, 4) is 0 Å². The molecule has 0 bridgehead atoms. The van der Waals surface area contributed by atoms with Crippen molar-refractivity contribution in [3.63, 3.8) is 0 Å². The number of nitrogens with zero attached hydrogens (tertiary/aromatic N) is 1. The lowest BCUT2D eigenvalue weighted by Gasteiger charge is -2.45. The van der Waals surface area contributed by atoms with Gasteiger partial charge in [-0.2, -0.15) is 0 Å². The number of amides is 1. The molecule has 0 aromatic heterocycles. The van der Waals surface area contributed by atoms with Gasteiger partial charge in [0.1, 0.15) is 18.0 Å². The van der Waals surface area contributed by atoms with E-state index in [-0.39, 0.29) is 10.6 Å². The summed E-state index contributed by atoms with van der Waals surface area (Å²) in [5, 5.41) is 9.99. The quantitative estimate of drug-likeness (QED) is 0.668. The van der Waals surface area contributed by atoms with Crippen LogP contribution >= 0.6 is 23.2 Å². The van der Waals surface area contributed by atoms with E-state index < -0.39 is 42.4 Å². The molecule has 1 aliphatic carbocycles. The summed E-state index contributed by atoms with van der Waals surface area (Å²) in [6, 6.07) is 10.5. The second kappa shape index (κ2) is 8.53. The first-order valence-corrected chi connectivity index (χ1v) is 10.5. The number of hydrogen-bond donors (Lipinski definition) is 1. The van der Waals surface area contributed by atoms with Crippen LogP contribution in [-0.4, -0.2) is 34.5 Å². The molecule has 5 nitrogen and oxygen atoms in total. The molecule has 1 aliphatic heterocycles. The molecule has 0 spiro atoms. The summed E-state index contributed by atoms with van der Waals surface area (Å²) in [6.07, 6.45) is -0.443. The van der Waals surface area contributed by atoms with Crippen LogP contribution < -0.4 is 0 Å². The number of halogens is 3. The second-order valence-corrected chi connectivity index (χ2v) is 8.62. The maximum atomic E-state index is 15.0. The Morgan fingerprint density at radius 1 is 1.17 bits per heavy atom. The number of aliphatic carboxylic acids is 1. The van der Waals surface area contributed by atoms with Gasteiger partial charge in [-0.3, -0.25) is 9.59 Å². The Morgan fingerprint density at radius 2 is 1.90 bits per heavy atom. The van der Waals surface area contributed by atoms with E-state index in [2.05, 4.69) is 0 Å². The number of morpholine rings is 1. The van der Waals surface area contributed by atoms with E-state index in [9.17, 15) is 19.1 Å². The average molecular weight is 452 g/mol. The van der Waals surface area contributed by atoms with Gasteiger partial charge in [-0.25, -0.2) is 4.39 Å². The van der Waals surface area contributed by atoms with Gasteiger partial charge in [0, 0.05) is 22.2 Å². The summed E-state index contributed by atoms with van der Waals surface area (Å²) < 4.78 is 21.0. The van der Waals surface area contributed by atoms with E-state index in [1.807, 2.05) is 0 Å². The summed E-state index contributed by atoms with van der Waals surface area (Å²) in [5.41, 5.74) is 0.915. The number of benzene rings is 2. The minimum Gasteiger partial charge on any atom is -0.481 e. The second-order valence-electron chi connectivity index (χ2n) is 7.74. The predicted molar refractivity (Wildman–Crippen MR) is 110 cm³/mol. The van der Waals surface area contributed by atoms with E-state index in [0.717, 1.165) is 12.8 Å². The van der Waals surface area contributed by atoms with E-state index in [1.165, 1.54) is 6.07 Å². The van der Waals surface area contributed by atoms with Crippen molar-refractivity contribution >= 4 is 35.1 Å². The lowest BCUT2D eigenvalue weighted by molar-refractivity contribution is -0.179. The molecule has 2 aromatic carbocycles. The fraction of sp³-hybridized carbons (Fsp3) is 0.364. The first kappa shape index (κ1) is 21.1. The molecule has 0 unspecified atom stereocenters. The molecule has 0 radical (unpaired) electrons. The Kier molecular flexibility index (Phi) is 6.00. The molecular formula is C22H20Cl2FNO4. The van der Waals surface area contributed by atoms with Crippen LogP contribution in [0.4, 0.5) is 4.39 Å². The van der Waals surface area contributed by atoms with Crippen LogP contribution in [0.25, 0.3) is 0 Å². The molecule has 4 rings (SSSR count). The molecule has 158 valence electrons. The van der Waals surface area contributed by atoms with Crippen molar-refractivity contribution in [2.24, 2.45) is 5.92 Å². The number of carboxylic acid groups (broad SMARTS) is 1. The van der Waals surface area contributed by atoms with Crippen LogP contribution in [0.1, 0.15) is 42.5 Å². The summed E-state index contributed by atoms with van der Waals surface area (Å²) in [7, 11) is 0. The number of carbonyl (C=O) groups is 2. The van der Waals surface area contributed by atoms with Crippen LogP contribution in [-0.2, 0) is 14.3 Å². The number of rotatable bonds is 6. The molecule has 1 N–H and O–H groups in total. The fourth-order valence-electron chi connectivity index (χ4n) is 3.89. The lowest BCUT2D eigenvalue weighted by atomic mass is 9.90. The smallest absolute Gasteiger partial charge is 0.306 e. The van der Waals surface area contributed by atoms with Gasteiger partial charge in [-0.1, -0.05) is 41.4 Å². The highest BCUT2D eigenvalue weighted by Crippen LogP contribution is 2.45. The van der Waals surface area contributed by atoms with E-state index in [4.69, 9.17) is 27.9 Å². The van der Waals surface area contributed by atoms with Crippen molar-refractivity contribution in [1.29, 1.82) is 0 Å². The van der Waals surface area contributed by atoms with Crippen molar-refractivity contribution in [1.82, 2.24) is 4.90 Å². The van der Waals surface area contributed by atoms with Gasteiger partial charge >= 0.3 is 5.97 Å². The lowest BCUT2D eigenvalue weighted by Crippen LogP contribution is -2.52. The number of hydrogen-bond acceptors (Lipinski definition) is 3. The Hall–Kier alpha value is -2.15. The van der Waals surface area contributed by atoms with Gasteiger partial charge in [-0.15, -0.1) is 0 Å². The van der Waals surface area contributed by atoms with Crippen LogP contribution in [0.5, 0.6) is 0 Å². The average Bonchev–Trinajstić information content (AvgIpc) is 3.49. The van der Waals surface area contributed by atoms with E-state index in [1.54, 1.807) is 41.3 Å². The molecule has 2 aromatic rings. The summed E-state index contributed by atoms with van der Waals surface area (Å²) in [5.74, 6) is -1.81. The number of ether oxygens (including phenoxy) is 1. The van der Waals surface area contributed by atoms with Crippen LogP contribution in [0, 0.1) is 11.7 Å². The minimum absolute atomic E-state index is 0.246. The molecule has 1 heterocycles. The molecule has 2 aliphatic rings. The Morgan fingerprint density at radius 3 is 2.53 bits per heavy atom. The predicted octanol–water partition coefficient (Wildman–Crippen LogP) is 5.03. The van der Waals surface area contributed by atoms with Crippen LogP contribution in [0.15, 0.2) is 42.5 Å². The Balaban J connectivity index is 1.82. The summed E-state index contributed by atoms with van der Waals surface area (Å²) >= 11 is 12.1. The van der Waals surface area contributed by atoms with Gasteiger partial charge in [0.25, 0.3) is 5.91 Å². The maximum absolute atomic E-state index is 15.0. The zero-order valence-corrected chi connectivity index (χ0v) is 17.4. The minimum atomic E-state index is -1.16. The molecule has 3 atom stereocenters. The van der Waals surface area contributed by atoms with Crippen LogP contribution in [0.3, 0.4) is 0 Å². The zero-order valence-electron chi connectivity index (χ0n) is 15.9. The molecule has 2 fully saturated rings. The van der Waals surface area contributed by atoms with Crippen molar-refractivity contribution < 1.29 is 23.8 Å². The monoisotopic (exact) mass is 451 g/mol. The van der Waals surface area contributed by atoms with Gasteiger partial charge in [0.05, 0.1) is 12.5 Å². The van der Waals surface area contributed by atoms with Crippen molar-refractivity contribution in [2.75, 3.05) is 6.54 Å². The zero-order chi connectivity index (χ0) is 21.4. The number of carboxylic acids is 1. The Bertz CT molecular complexity index is 981. The molecule has 1 saturated heterocycles. The van der Waals surface area contributed by atoms with Crippen LogP contribution in [0.2, 0.25) is 10.0 Å². The third-order valence-electron chi connectivity index (χ3n) is 5.46. The molecule has 1 amide bonds. The van der Waals surface area contributed by atoms with E-state index >= 15 is 0 Å². The number of carbonyl (C=O) groups excluding carboxylic acids is 1. The highest BCUT2D eigenvalue weighted by Gasteiger charge is 2.47. The van der Waals surface area contributed by atoms with Crippen molar-refractivity contribution in [2.45, 2.75) is 37.5 Å². The normalized spacial score (nSPS) is 24.2. The molecule has 1 saturated carbocycles. The maximum Gasteiger partial charge on any atom is 0.306 e. The standard InChI is InChI=1S/C22H20Cl2FNO4/c23-14-3-1-2-13(8-14)21-20(16-7-6-15(24)9-17(16)25)26(11-12-4-5-12)22(29)18(30-21)10-19(27)28/h1-3,6-9,12,18,20-21H,4-5,10-11H2,(H,27,28)/t18-,20-,21-/m1/s1. The third kappa shape index (κ3) is 4.46. The third-order valence-corrected chi connectivity index (χ3v) is 5.93. The summed E-state index contributed by atoms with van der Waals surface area (Å²) in [4.78, 5) is 26.1. The fourth-order valence-corrected chi connectivity index (χ4v) is 4.25. The first-order chi connectivity index (χ1) is 14.3. The highest BCUT2D eigenvalue weighted by atomic mass is 35.5. The summed E-state index contributed by atoms with van der Waals surface area (Å²) in [6.45, 7) is 0.419. The molecule has 30 heavy (non-hydrogen) atoms. The van der Waals surface area contributed by atoms with Gasteiger partial charge < -0.3 is 14.7 Å². The largest absolute Gasteiger partial charge is 0.481 e. The van der Waals surface area contributed by atoms with E-state index in [0.29, 0.717) is 23.0 Å². The highest BCUT2D eigenvalue weighted by molar-refractivity contribution is 6.30. The van der Waals surface area contributed by atoms with Gasteiger partial charge in [-0.05, 0) is 48.6 Å². The van der Waals surface area contributed by atoms with Gasteiger partial charge in [0.15, 0.2) is 0 Å². The molecule has 8 heteroatoms.